The molecule has 5 heteroatoms. The van der Waals surface area contributed by atoms with Crippen LogP contribution in [-0.2, 0) is 9.47 Å². The molecule has 0 amide bonds. The summed E-state index contributed by atoms with van der Waals surface area (Å²) in [6.45, 7) is 19.6. The smallest absolute Gasteiger partial charge is 0.652 e. The largest absolute Gasteiger partial charge is 1.00 e. The number of epoxide rings is 1. The van der Waals surface area contributed by atoms with E-state index < -0.39 is 0 Å². The average Bonchev–Trinajstić information content (AvgIpc) is 3.52. The summed E-state index contributed by atoms with van der Waals surface area (Å²) in [4.78, 5) is 0. The Morgan fingerprint density at radius 1 is 1.13 bits per heavy atom. The SMILES string of the molecule is C=CCC[C@@H]1CO1.CC1(C)CCCC(C)(C)[N-]1.COC(C)(C)C.O[C@@H]1CC[C@H]2C[C@H]21.[Li+]. The number of aliphatic hydroxyl groups excluding tert-OH is 1. The molecule has 2 aliphatic heterocycles. The van der Waals surface area contributed by atoms with Crippen LogP contribution in [0.1, 0.15) is 99.8 Å². The number of piperidine rings is 1. The molecule has 4 fully saturated rings. The summed E-state index contributed by atoms with van der Waals surface area (Å²) in [7, 11) is 1.71. The summed E-state index contributed by atoms with van der Waals surface area (Å²) in [6.07, 6.45) is 12.4. The van der Waals surface area contributed by atoms with E-state index >= 15 is 0 Å². The molecule has 2 saturated heterocycles. The molecule has 0 bridgehead atoms. The Bertz CT molecular complexity index is 483. The minimum absolute atomic E-state index is 0. The normalized spacial score (nSPS) is 31.0. The zero-order valence-corrected chi connectivity index (χ0v) is 22.2. The molecule has 0 unspecified atom stereocenters. The molecule has 0 radical (unpaired) electrons. The van der Waals surface area contributed by atoms with Gasteiger partial charge in [-0.25, -0.2) is 0 Å². The maximum absolute atomic E-state index is 9.04. The molecule has 4 rings (SSSR count). The third-order valence-electron chi connectivity index (χ3n) is 6.19. The van der Waals surface area contributed by atoms with E-state index in [0.717, 1.165) is 31.3 Å². The molecule has 31 heavy (non-hydrogen) atoms. The van der Waals surface area contributed by atoms with E-state index in [1.807, 2.05) is 26.8 Å². The van der Waals surface area contributed by atoms with Gasteiger partial charge in [-0.15, -0.1) is 17.7 Å². The van der Waals surface area contributed by atoms with Gasteiger partial charge in [0.25, 0.3) is 0 Å². The summed E-state index contributed by atoms with van der Waals surface area (Å²) in [5.41, 5.74) is 0.517. The van der Waals surface area contributed by atoms with Crippen LogP contribution in [0.4, 0.5) is 0 Å². The van der Waals surface area contributed by atoms with Gasteiger partial charge in [0.2, 0.25) is 0 Å². The van der Waals surface area contributed by atoms with Crippen molar-refractivity contribution in [2.45, 2.75) is 129 Å². The second-order valence-corrected chi connectivity index (χ2v) is 11.5. The van der Waals surface area contributed by atoms with Crippen molar-refractivity contribution in [2.24, 2.45) is 11.8 Å². The molecule has 1 N–H and O–H groups in total. The first-order valence-corrected chi connectivity index (χ1v) is 12.0. The Labute approximate surface area is 205 Å². The van der Waals surface area contributed by atoms with Crippen LogP contribution in [0, 0.1) is 11.8 Å². The summed E-state index contributed by atoms with van der Waals surface area (Å²) >= 11 is 0. The van der Waals surface area contributed by atoms with Gasteiger partial charge < -0.3 is 19.9 Å². The van der Waals surface area contributed by atoms with Crippen LogP contribution < -0.4 is 18.9 Å². The van der Waals surface area contributed by atoms with E-state index in [4.69, 9.17) is 19.9 Å². The van der Waals surface area contributed by atoms with Gasteiger partial charge in [0.1, 0.15) is 0 Å². The van der Waals surface area contributed by atoms with E-state index in [-0.39, 0.29) is 41.6 Å². The molecule has 4 atom stereocenters. The Balaban J connectivity index is 0.000000390. The fourth-order valence-electron chi connectivity index (χ4n) is 4.10. The van der Waals surface area contributed by atoms with Gasteiger partial charge in [0.05, 0.1) is 24.4 Å². The van der Waals surface area contributed by atoms with Crippen LogP contribution in [0.15, 0.2) is 12.7 Å². The molecule has 2 aliphatic carbocycles. The Hall–Kier alpha value is 0.177. The van der Waals surface area contributed by atoms with Crippen molar-refractivity contribution in [3.05, 3.63) is 18.0 Å². The third kappa shape index (κ3) is 15.6. The third-order valence-corrected chi connectivity index (χ3v) is 6.19. The molecule has 0 aromatic rings. The molecule has 4 aliphatic rings. The van der Waals surface area contributed by atoms with E-state index in [2.05, 4.69) is 34.3 Å². The van der Waals surface area contributed by atoms with E-state index in [1.165, 1.54) is 38.5 Å². The quantitative estimate of drug-likeness (QED) is 0.421. The summed E-state index contributed by atoms with van der Waals surface area (Å²) in [6, 6.07) is 0. The standard InChI is InChI=1S/C9H18N.2C6H10O.C5H12O.Li/c1-8(2)6-5-7-9(3,4)10-8;7-6-2-1-4-3-5(4)6;1-2-3-4-6-5-7-6;1-5(2,3)6-4;/h5-7H2,1-4H3;4-7H,1-3H2;2,6H,1,3-5H2;1-4H3;/q-1;;;;+1/t;4-,5+,6+;6-;;/m.01../s1. The number of rotatable bonds is 3. The number of methoxy groups -OCH3 is 1. The Morgan fingerprint density at radius 3 is 1.84 bits per heavy atom. The first kappa shape index (κ1) is 31.2. The van der Waals surface area contributed by atoms with E-state index in [1.54, 1.807) is 7.11 Å². The van der Waals surface area contributed by atoms with Gasteiger partial charge in [-0.2, -0.15) is 0 Å². The van der Waals surface area contributed by atoms with Crippen molar-refractivity contribution < 1.29 is 33.4 Å². The van der Waals surface area contributed by atoms with Crippen LogP contribution in [0.2, 0.25) is 0 Å². The first-order valence-electron chi connectivity index (χ1n) is 12.0. The molecule has 2 saturated carbocycles. The number of allylic oxidation sites excluding steroid dienone is 1. The molecule has 4 nitrogen and oxygen atoms in total. The number of hydrogen-bond acceptors (Lipinski definition) is 3. The summed E-state index contributed by atoms with van der Waals surface area (Å²) in [5.74, 6) is 1.68. The Morgan fingerprint density at radius 2 is 1.65 bits per heavy atom. The van der Waals surface area contributed by atoms with Crippen LogP contribution in [0.25, 0.3) is 5.32 Å². The van der Waals surface area contributed by atoms with Gasteiger partial charge >= 0.3 is 18.9 Å². The van der Waals surface area contributed by atoms with Gasteiger partial charge in [0.15, 0.2) is 0 Å². The van der Waals surface area contributed by atoms with Crippen molar-refractivity contribution in [2.75, 3.05) is 13.7 Å². The second kappa shape index (κ2) is 13.8. The zero-order valence-electron chi connectivity index (χ0n) is 22.2. The predicted molar refractivity (Wildman–Crippen MR) is 128 cm³/mol. The number of fused-ring (bicyclic) bond motifs is 1. The van der Waals surface area contributed by atoms with E-state index in [0.29, 0.717) is 6.10 Å². The molecule has 178 valence electrons. The molecule has 2 heterocycles. The van der Waals surface area contributed by atoms with E-state index in [9.17, 15) is 0 Å². The maximum atomic E-state index is 9.04. The topological polar surface area (TPSA) is 56.1 Å². The van der Waals surface area contributed by atoms with Crippen LogP contribution in [0.5, 0.6) is 0 Å². The first-order chi connectivity index (χ1) is 13.8. The van der Waals surface area contributed by atoms with Gasteiger partial charge in [-0.05, 0) is 64.7 Å². The van der Waals surface area contributed by atoms with Gasteiger partial charge in [-0.3, -0.25) is 0 Å². The number of nitrogens with zero attached hydrogens (tertiary/aromatic N) is 1. The molecule has 0 aromatic heterocycles. The van der Waals surface area contributed by atoms with Crippen molar-refractivity contribution >= 4 is 0 Å². The number of aliphatic hydroxyl groups is 1. The van der Waals surface area contributed by atoms with Crippen LogP contribution >= 0.6 is 0 Å². The number of ether oxygens (including phenoxy) is 2. The summed E-state index contributed by atoms with van der Waals surface area (Å²) < 4.78 is 9.90. The average molecular weight is 432 g/mol. The van der Waals surface area contributed by atoms with Gasteiger partial charge in [0, 0.05) is 7.11 Å². The van der Waals surface area contributed by atoms with Gasteiger partial charge in [-0.1, -0.05) is 53.0 Å². The molecule has 0 spiro atoms. The fourth-order valence-corrected chi connectivity index (χ4v) is 4.10. The fraction of sp³-hybridized carbons (Fsp3) is 0.923. The van der Waals surface area contributed by atoms with Crippen molar-refractivity contribution in [1.29, 1.82) is 0 Å². The molecule has 0 aromatic carbocycles. The predicted octanol–water partition coefficient (Wildman–Crippen LogP) is 3.67. The summed E-state index contributed by atoms with van der Waals surface area (Å²) in [5, 5.41) is 13.8. The minimum Gasteiger partial charge on any atom is -0.652 e. The molecular weight excluding hydrogens is 381 g/mol. The van der Waals surface area contributed by atoms with Crippen molar-refractivity contribution in [3.63, 3.8) is 0 Å². The zero-order chi connectivity index (χ0) is 23.0. The van der Waals surface area contributed by atoms with Crippen molar-refractivity contribution in [3.8, 4) is 0 Å². The Kier molecular flexibility index (Phi) is 13.9. The maximum Gasteiger partial charge on any atom is 1.00 e. The minimum atomic E-state index is 0. The van der Waals surface area contributed by atoms with Crippen LogP contribution in [0.3, 0.4) is 0 Å². The second-order valence-electron chi connectivity index (χ2n) is 11.5. The van der Waals surface area contributed by atoms with Crippen molar-refractivity contribution in [1.82, 2.24) is 0 Å². The monoisotopic (exact) mass is 431 g/mol. The van der Waals surface area contributed by atoms with Crippen LogP contribution in [-0.4, -0.2) is 47.7 Å². The number of hydrogen-bond donors (Lipinski definition) is 1. The molecular formula is C26H50LiNO3.